The number of amides is 2. The maximum atomic E-state index is 14.7. The normalized spacial score (nSPS) is 19.6. The molecule has 2 atom stereocenters. The summed E-state index contributed by atoms with van der Waals surface area (Å²) in [6.07, 6.45) is -0.680. The van der Waals surface area contributed by atoms with Crippen molar-refractivity contribution in [2.45, 2.75) is 18.6 Å². The summed E-state index contributed by atoms with van der Waals surface area (Å²) >= 11 is 0. The molecular formula is C23H28FN5O3. The lowest BCUT2D eigenvalue weighted by molar-refractivity contribution is -0.122. The number of nitrogens with one attached hydrogen (secondary N) is 2. The minimum Gasteiger partial charge on any atom is -0.442 e. The molecule has 1 unspecified atom stereocenters. The molecular weight excluding hydrogens is 413 g/mol. The second-order valence-corrected chi connectivity index (χ2v) is 8.03. The van der Waals surface area contributed by atoms with Crippen LogP contribution in [0.3, 0.4) is 0 Å². The summed E-state index contributed by atoms with van der Waals surface area (Å²) < 4.78 is 20.1. The van der Waals surface area contributed by atoms with Gasteiger partial charge in [-0.15, -0.1) is 0 Å². The van der Waals surface area contributed by atoms with Crippen LogP contribution in [0.2, 0.25) is 0 Å². The van der Waals surface area contributed by atoms with Gasteiger partial charge in [-0.05, 0) is 30.2 Å². The van der Waals surface area contributed by atoms with Gasteiger partial charge in [0.15, 0.2) is 0 Å². The monoisotopic (exact) mass is 441 g/mol. The Hall–Kier alpha value is -3.17. The van der Waals surface area contributed by atoms with Gasteiger partial charge in [-0.3, -0.25) is 9.69 Å². The molecule has 2 saturated heterocycles. The molecule has 0 saturated carbocycles. The van der Waals surface area contributed by atoms with Crippen LogP contribution in [-0.4, -0.2) is 63.4 Å². The first-order valence-corrected chi connectivity index (χ1v) is 10.8. The molecule has 2 amide bonds. The summed E-state index contributed by atoms with van der Waals surface area (Å²) in [6, 6.07) is 13.6. The minimum absolute atomic E-state index is 0.144. The Morgan fingerprint density at radius 3 is 2.69 bits per heavy atom. The largest absolute Gasteiger partial charge is 0.442 e. The van der Waals surface area contributed by atoms with Crippen molar-refractivity contribution in [2.75, 3.05) is 49.1 Å². The van der Waals surface area contributed by atoms with Gasteiger partial charge in [0.25, 0.3) is 0 Å². The van der Waals surface area contributed by atoms with Crippen LogP contribution in [0.25, 0.3) is 0 Å². The number of anilines is 2. The Labute approximate surface area is 186 Å². The molecule has 0 spiro atoms. The predicted octanol–water partition coefficient (Wildman–Crippen LogP) is 1.25. The van der Waals surface area contributed by atoms with Gasteiger partial charge in [-0.1, -0.05) is 30.3 Å². The van der Waals surface area contributed by atoms with Crippen LogP contribution in [-0.2, 0) is 16.0 Å². The van der Waals surface area contributed by atoms with E-state index in [1.165, 1.54) is 11.0 Å². The lowest BCUT2D eigenvalue weighted by Gasteiger charge is -2.30. The van der Waals surface area contributed by atoms with Crippen molar-refractivity contribution >= 4 is 23.4 Å². The Bertz CT molecular complexity index is 952. The quantitative estimate of drug-likeness (QED) is 0.598. The molecule has 0 aromatic heterocycles. The topological polar surface area (TPSA) is 99.9 Å². The number of halogens is 1. The van der Waals surface area contributed by atoms with Crippen LogP contribution in [0.4, 0.5) is 20.6 Å². The summed E-state index contributed by atoms with van der Waals surface area (Å²) in [4.78, 5) is 28.0. The van der Waals surface area contributed by atoms with Gasteiger partial charge in [0, 0.05) is 26.2 Å². The van der Waals surface area contributed by atoms with Crippen molar-refractivity contribution in [3.8, 4) is 0 Å². The van der Waals surface area contributed by atoms with Crippen molar-refractivity contribution in [3.63, 3.8) is 0 Å². The fourth-order valence-electron chi connectivity index (χ4n) is 3.97. The van der Waals surface area contributed by atoms with E-state index in [1.54, 1.807) is 12.1 Å². The average molecular weight is 442 g/mol. The Kier molecular flexibility index (Phi) is 6.87. The number of rotatable bonds is 7. The second kappa shape index (κ2) is 9.97. The number of cyclic esters (lactones) is 1. The number of nitrogens with zero attached hydrogens (tertiary/aromatic N) is 2. The van der Waals surface area contributed by atoms with Crippen LogP contribution in [0.15, 0.2) is 48.5 Å². The van der Waals surface area contributed by atoms with E-state index >= 15 is 0 Å². The SMILES string of the molecule is NC(Cc1ccccc1)C(=O)NC[C@@H]1CN(c2ccc(N3CCNCC3)c(F)c2)C(=O)O1. The van der Waals surface area contributed by atoms with E-state index in [0.29, 0.717) is 17.8 Å². The highest BCUT2D eigenvalue weighted by atomic mass is 19.1. The molecule has 8 nitrogen and oxygen atoms in total. The average Bonchev–Trinajstić information content (AvgIpc) is 3.19. The number of hydrogen-bond acceptors (Lipinski definition) is 6. The van der Waals surface area contributed by atoms with Crippen LogP contribution >= 0.6 is 0 Å². The smallest absolute Gasteiger partial charge is 0.414 e. The first-order valence-electron chi connectivity index (χ1n) is 10.8. The fourth-order valence-corrected chi connectivity index (χ4v) is 3.97. The molecule has 2 aromatic carbocycles. The molecule has 2 heterocycles. The zero-order chi connectivity index (χ0) is 22.5. The van der Waals surface area contributed by atoms with E-state index < -0.39 is 18.2 Å². The Morgan fingerprint density at radius 1 is 1.22 bits per heavy atom. The summed E-state index contributed by atoms with van der Waals surface area (Å²) in [7, 11) is 0. The van der Waals surface area contributed by atoms with Crippen molar-refractivity contribution in [3.05, 3.63) is 59.9 Å². The molecule has 2 aliphatic rings. The third-order valence-corrected chi connectivity index (χ3v) is 5.71. The molecule has 32 heavy (non-hydrogen) atoms. The lowest BCUT2D eigenvalue weighted by Crippen LogP contribution is -2.45. The molecule has 2 fully saturated rings. The molecule has 4 rings (SSSR count). The van der Waals surface area contributed by atoms with Crippen LogP contribution in [0.1, 0.15) is 5.56 Å². The van der Waals surface area contributed by atoms with Gasteiger partial charge in [0.1, 0.15) is 11.9 Å². The molecule has 9 heteroatoms. The van der Waals surface area contributed by atoms with Gasteiger partial charge in [0.2, 0.25) is 5.91 Å². The molecule has 0 aliphatic carbocycles. The number of carbonyl (C=O) groups excluding carboxylic acids is 2. The van der Waals surface area contributed by atoms with Gasteiger partial charge in [-0.25, -0.2) is 9.18 Å². The van der Waals surface area contributed by atoms with Gasteiger partial charge in [-0.2, -0.15) is 0 Å². The number of nitrogens with two attached hydrogens (primary N) is 1. The van der Waals surface area contributed by atoms with Crippen molar-refractivity contribution in [2.24, 2.45) is 5.73 Å². The number of hydrogen-bond donors (Lipinski definition) is 3. The number of ether oxygens (including phenoxy) is 1. The highest BCUT2D eigenvalue weighted by Crippen LogP contribution is 2.28. The highest BCUT2D eigenvalue weighted by molar-refractivity contribution is 5.90. The van der Waals surface area contributed by atoms with Crippen LogP contribution in [0, 0.1) is 5.82 Å². The maximum absolute atomic E-state index is 14.7. The number of benzene rings is 2. The van der Waals surface area contributed by atoms with E-state index in [-0.39, 0.29) is 24.8 Å². The molecule has 4 N–H and O–H groups in total. The first kappa shape index (κ1) is 22.0. The van der Waals surface area contributed by atoms with Gasteiger partial charge < -0.3 is 26.0 Å². The third-order valence-electron chi connectivity index (χ3n) is 5.71. The van der Waals surface area contributed by atoms with E-state index in [2.05, 4.69) is 10.6 Å². The van der Waals surface area contributed by atoms with E-state index in [0.717, 1.165) is 31.7 Å². The zero-order valence-corrected chi connectivity index (χ0v) is 17.8. The van der Waals surface area contributed by atoms with E-state index in [1.807, 2.05) is 35.2 Å². The number of carbonyl (C=O) groups is 2. The van der Waals surface area contributed by atoms with Crippen LogP contribution in [0.5, 0.6) is 0 Å². The molecule has 2 aliphatic heterocycles. The summed E-state index contributed by atoms with van der Waals surface area (Å²) in [5.41, 5.74) is 7.92. The summed E-state index contributed by atoms with van der Waals surface area (Å²) in [5, 5.41) is 5.98. The van der Waals surface area contributed by atoms with Gasteiger partial charge >= 0.3 is 6.09 Å². The Balaban J connectivity index is 1.31. The maximum Gasteiger partial charge on any atom is 0.414 e. The fraction of sp³-hybridized carbons (Fsp3) is 0.391. The van der Waals surface area contributed by atoms with Crippen molar-refractivity contribution < 1.29 is 18.7 Å². The minimum atomic E-state index is -0.697. The lowest BCUT2D eigenvalue weighted by atomic mass is 10.1. The molecule has 170 valence electrons. The first-order chi connectivity index (χ1) is 15.5. The zero-order valence-electron chi connectivity index (χ0n) is 17.8. The highest BCUT2D eigenvalue weighted by Gasteiger charge is 2.33. The van der Waals surface area contributed by atoms with Crippen molar-refractivity contribution in [1.82, 2.24) is 10.6 Å². The molecule has 0 bridgehead atoms. The third kappa shape index (κ3) is 5.17. The van der Waals surface area contributed by atoms with Gasteiger partial charge in [0.05, 0.1) is 30.5 Å². The second-order valence-electron chi connectivity index (χ2n) is 8.03. The number of piperazine rings is 1. The van der Waals surface area contributed by atoms with Crippen molar-refractivity contribution in [1.29, 1.82) is 0 Å². The summed E-state index contributed by atoms with van der Waals surface area (Å²) in [5.74, 6) is -0.685. The standard InChI is InChI=1S/C23H28FN5O3/c24-19-13-17(6-7-21(19)28-10-8-26-9-11-28)29-15-18(32-23(29)31)14-27-22(30)20(25)12-16-4-2-1-3-5-16/h1-7,13,18,20,26H,8-12,14-15,25H2,(H,27,30)/t18-,20?/m1/s1. The predicted molar refractivity (Wildman–Crippen MR) is 120 cm³/mol. The van der Waals surface area contributed by atoms with Crippen LogP contribution < -0.4 is 26.2 Å². The van der Waals surface area contributed by atoms with E-state index in [4.69, 9.17) is 10.5 Å². The van der Waals surface area contributed by atoms with E-state index in [9.17, 15) is 14.0 Å². The Morgan fingerprint density at radius 2 is 1.97 bits per heavy atom. The molecule has 2 aromatic rings. The summed E-state index contributed by atoms with van der Waals surface area (Å²) in [6.45, 7) is 3.45. The molecule has 0 radical (unpaired) electrons.